The van der Waals surface area contributed by atoms with Gasteiger partial charge in [-0.3, -0.25) is 9.59 Å². The zero-order valence-corrected chi connectivity index (χ0v) is 18.1. The summed E-state index contributed by atoms with van der Waals surface area (Å²) >= 11 is 0. The summed E-state index contributed by atoms with van der Waals surface area (Å²) in [5, 5.41) is 0. The number of fused-ring (bicyclic) bond motifs is 3. The third-order valence-electron chi connectivity index (χ3n) is 8.97. The number of carbonyl (C=O) groups is 3. The molecule has 3 fully saturated rings. The first-order valence-corrected chi connectivity index (χ1v) is 11.4. The summed E-state index contributed by atoms with van der Waals surface area (Å²) in [7, 11) is 0. The summed E-state index contributed by atoms with van der Waals surface area (Å²) in [5.74, 6) is 2.33. The zero-order valence-electron chi connectivity index (χ0n) is 18.1. The van der Waals surface area contributed by atoms with Crippen molar-refractivity contribution >= 4 is 17.3 Å². The summed E-state index contributed by atoms with van der Waals surface area (Å²) in [4.78, 5) is 37.9. The molecule has 156 valence electrons. The van der Waals surface area contributed by atoms with Crippen LogP contribution in [0.5, 0.6) is 0 Å². The van der Waals surface area contributed by atoms with Crippen LogP contribution in [0.3, 0.4) is 0 Å². The van der Waals surface area contributed by atoms with E-state index in [1.807, 2.05) is 30.3 Å². The van der Waals surface area contributed by atoms with Crippen molar-refractivity contribution in [2.75, 3.05) is 0 Å². The largest absolute Gasteiger partial charge is 0.300 e. The average Bonchev–Trinajstić information content (AvgIpc) is 3.06. The van der Waals surface area contributed by atoms with Crippen molar-refractivity contribution in [3.05, 3.63) is 35.9 Å². The Bertz CT molecular complexity index is 813. The van der Waals surface area contributed by atoms with Crippen molar-refractivity contribution < 1.29 is 14.4 Å². The minimum atomic E-state index is -0.364. The fourth-order valence-electron chi connectivity index (χ4n) is 7.27. The topological polar surface area (TPSA) is 51.2 Å². The second-order valence-corrected chi connectivity index (χ2v) is 10.4. The smallest absolute Gasteiger partial charge is 0.166 e. The first-order valence-electron chi connectivity index (χ1n) is 11.4. The number of rotatable bonds is 5. The molecule has 3 heteroatoms. The first-order chi connectivity index (χ1) is 13.8. The van der Waals surface area contributed by atoms with Gasteiger partial charge in [-0.1, -0.05) is 44.2 Å². The van der Waals surface area contributed by atoms with Crippen molar-refractivity contribution in [1.82, 2.24) is 0 Å². The monoisotopic (exact) mass is 394 g/mol. The van der Waals surface area contributed by atoms with Gasteiger partial charge in [0, 0.05) is 29.7 Å². The maximum absolute atomic E-state index is 13.3. The number of hydrogen-bond donors (Lipinski definition) is 0. The molecule has 0 N–H and O–H groups in total. The van der Waals surface area contributed by atoms with E-state index in [0.717, 1.165) is 37.7 Å². The highest BCUT2D eigenvalue weighted by molar-refractivity contribution is 5.98. The van der Waals surface area contributed by atoms with Crippen molar-refractivity contribution in [3.63, 3.8) is 0 Å². The summed E-state index contributed by atoms with van der Waals surface area (Å²) in [6.45, 7) is 6.10. The van der Waals surface area contributed by atoms with Crippen molar-refractivity contribution in [3.8, 4) is 0 Å². The molecule has 0 aromatic heterocycles. The lowest BCUT2D eigenvalue weighted by atomic mass is 9.48. The van der Waals surface area contributed by atoms with Gasteiger partial charge in [0.15, 0.2) is 5.78 Å². The number of hydrogen-bond acceptors (Lipinski definition) is 3. The van der Waals surface area contributed by atoms with Crippen LogP contribution in [0.1, 0.15) is 82.5 Å². The van der Waals surface area contributed by atoms with Crippen LogP contribution in [0.4, 0.5) is 0 Å². The summed E-state index contributed by atoms with van der Waals surface area (Å²) < 4.78 is 0. The van der Waals surface area contributed by atoms with E-state index >= 15 is 0 Å². The Morgan fingerprint density at radius 2 is 1.72 bits per heavy atom. The number of Topliss-reactive ketones (excluding diaryl/α,β-unsaturated/α-hetero) is 3. The Labute approximate surface area is 174 Å². The van der Waals surface area contributed by atoms with Crippen LogP contribution in [-0.2, 0) is 9.59 Å². The van der Waals surface area contributed by atoms with E-state index in [0.29, 0.717) is 48.6 Å². The molecule has 0 aliphatic heterocycles. The Morgan fingerprint density at radius 1 is 1.00 bits per heavy atom. The number of ketones is 3. The summed E-state index contributed by atoms with van der Waals surface area (Å²) in [6, 6.07) is 9.76. The standard InChI is InChI=1S/C26H34O3/c1-17(27)13-15-26(3)21-14-16-25(2)20(19(21)9-12-23(26)28)10-11-22(25)24(29)18-7-5-4-6-8-18/h4-8,19-22H,9-16H2,1-3H3/t19-,20-,21-,22+,25-,26+/m0/s1. The predicted molar refractivity (Wildman–Crippen MR) is 114 cm³/mol. The Morgan fingerprint density at radius 3 is 2.41 bits per heavy atom. The predicted octanol–water partition coefficient (Wildman–Crippen LogP) is 5.67. The van der Waals surface area contributed by atoms with Crippen molar-refractivity contribution in [2.45, 2.75) is 72.1 Å². The van der Waals surface area contributed by atoms with Gasteiger partial charge in [-0.25, -0.2) is 0 Å². The molecule has 4 rings (SSSR count). The minimum absolute atomic E-state index is 0.0377. The Hall–Kier alpha value is -1.77. The molecule has 0 heterocycles. The van der Waals surface area contributed by atoms with Gasteiger partial charge < -0.3 is 4.79 Å². The van der Waals surface area contributed by atoms with E-state index in [2.05, 4.69) is 13.8 Å². The quantitative estimate of drug-likeness (QED) is 0.605. The van der Waals surface area contributed by atoms with Crippen LogP contribution in [0.2, 0.25) is 0 Å². The number of benzene rings is 1. The number of carbonyl (C=O) groups excluding carboxylic acids is 3. The zero-order chi connectivity index (χ0) is 20.8. The molecule has 3 aliphatic rings. The highest BCUT2D eigenvalue weighted by Gasteiger charge is 2.60. The SMILES string of the molecule is CC(=O)CC[C@@]1(C)C(=O)CC[C@H]2[C@@H]3CC[C@H](C(=O)c4ccccc4)[C@@]3(C)CC[C@@H]21. The molecule has 3 saturated carbocycles. The van der Waals surface area contributed by atoms with Gasteiger partial charge in [-0.2, -0.15) is 0 Å². The van der Waals surface area contributed by atoms with Crippen molar-refractivity contribution in [1.29, 1.82) is 0 Å². The molecule has 0 radical (unpaired) electrons. The van der Waals surface area contributed by atoms with Gasteiger partial charge in [0.25, 0.3) is 0 Å². The van der Waals surface area contributed by atoms with E-state index < -0.39 is 0 Å². The van der Waals surface area contributed by atoms with Crippen LogP contribution in [0.25, 0.3) is 0 Å². The van der Waals surface area contributed by atoms with E-state index in [1.165, 1.54) is 0 Å². The van der Waals surface area contributed by atoms with Gasteiger partial charge in [-0.05, 0) is 68.6 Å². The first kappa shape index (κ1) is 20.5. The molecule has 3 aliphatic carbocycles. The molecule has 3 nitrogen and oxygen atoms in total. The van der Waals surface area contributed by atoms with Gasteiger partial charge >= 0.3 is 0 Å². The summed E-state index contributed by atoms with van der Waals surface area (Å²) in [5.41, 5.74) is 0.513. The lowest BCUT2D eigenvalue weighted by Crippen LogP contribution is -2.52. The molecular weight excluding hydrogens is 360 g/mol. The fraction of sp³-hybridized carbons (Fsp3) is 0.654. The minimum Gasteiger partial charge on any atom is -0.300 e. The van der Waals surface area contributed by atoms with Gasteiger partial charge in [0.1, 0.15) is 11.6 Å². The molecule has 29 heavy (non-hydrogen) atoms. The molecule has 0 amide bonds. The Balaban J connectivity index is 1.59. The summed E-state index contributed by atoms with van der Waals surface area (Å²) in [6.07, 6.45) is 6.89. The maximum atomic E-state index is 13.3. The third kappa shape index (κ3) is 3.31. The second kappa shape index (κ2) is 7.49. The van der Waals surface area contributed by atoms with E-state index in [1.54, 1.807) is 6.92 Å². The molecular formula is C26H34O3. The highest BCUT2D eigenvalue weighted by atomic mass is 16.1. The second-order valence-electron chi connectivity index (χ2n) is 10.4. The van der Waals surface area contributed by atoms with Crippen LogP contribution in [0, 0.1) is 34.5 Å². The van der Waals surface area contributed by atoms with E-state index in [4.69, 9.17) is 0 Å². The molecule has 0 spiro atoms. The highest BCUT2D eigenvalue weighted by Crippen LogP contribution is 2.64. The lowest BCUT2D eigenvalue weighted by Gasteiger charge is -2.55. The van der Waals surface area contributed by atoms with Crippen LogP contribution < -0.4 is 0 Å². The molecule has 1 aromatic carbocycles. The third-order valence-corrected chi connectivity index (χ3v) is 8.97. The molecule has 0 saturated heterocycles. The van der Waals surface area contributed by atoms with Gasteiger partial charge in [0.2, 0.25) is 0 Å². The molecule has 1 aromatic rings. The van der Waals surface area contributed by atoms with E-state index in [9.17, 15) is 14.4 Å². The molecule has 0 bridgehead atoms. The van der Waals surface area contributed by atoms with Gasteiger partial charge in [0.05, 0.1) is 0 Å². The fourth-order valence-corrected chi connectivity index (χ4v) is 7.27. The van der Waals surface area contributed by atoms with Crippen LogP contribution in [0.15, 0.2) is 30.3 Å². The van der Waals surface area contributed by atoms with Crippen LogP contribution in [-0.4, -0.2) is 17.3 Å². The normalized spacial score (nSPS) is 38.9. The maximum Gasteiger partial charge on any atom is 0.166 e. The van der Waals surface area contributed by atoms with E-state index in [-0.39, 0.29) is 22.5 Å². The van der Waals surface area contributed by atoms with Gasteiger partial charge in [-0.15, -0.1) is 0 Å². The van der Waals surface area contributed by atoms with Crippen molar-refractivity contribution in [2.24, 2.45) is 34.5 Å². The molecule has 0 unspecified atom stereocenters. The lowest BCUT2D eigenvalue weighted by molar-refractivity contribution is -0.145. The Kier molecular flexibility index (Phi) is 5.29. The van der Waals surface area contributed by atoms with Crippen LogP contribution >= 0.6 is 0 Å². The average molecular weight is 395 g/mol. The molecule has 6 atom stereocenters.